The van der Waals surface area contributed by atoms with Crippen molar-refractivity contribution in [1.82, 2.24) is 0 Å². The summed E-state index contributed by atoms with van der Waals surface area (Å²) in [6.07, 6.45) is 31.0. The standard InChI is InChI=1S/C21H34O4.2C20H32O4.C19H30O4/c1-5-20(3,4)19(23)24-17-13-14-11-15(17)16(12-14)18(22)25-21(6-2)9-7-8-10-21;1-5-19(2,3)18(22)23-16-12-13-10-14(16)15(11-13)17(21)24-20(4)8-6-7-9-20;1-5-19(3,4)18(22)23-12-17(21)24-20(6-2)15-8-13-7-14(10-15)11-16(20)9-13;1-5-18(2,3)17(21)22-11-16(20)23-19(4)14-7-12-6-13(9-14)10-15(19)8-12/h14-17H,5-13H2,1-4H3;2*13-16H,5-12H2,1-4H3;12-15H,5-11H2,1-4H3. The Morgan fingerprint density at radius 2 is 0.708 bits per heavy atom. The molecule has 16 nitrogen and oxygen atoms in total. The van der Waals surface area contributed by atoms with Gasteiger partial charge in [0.15, 0.2) is 13.2 Å². The fourth-order valence-corrected chi connectivity index (χ4v) is 20.2. The van der Waals surface area contributed by atoms with Gasteiger partial charge in [-0.15, -0.1) is 0 Å². The molecule has 8 atom stereocenters. The second-order valence-corrected chi connectivity index (χ2v) is 36.0. The van der Waals surface area contributed by atoms with Crippen LogP contribution >= 0.6 is 0 Å². The number of rotatable bonds is 22. The molecule has 0 spiro atoms. The molecule has 0 N–H and O–H groups in total. The molecule has 544 valence electrons. The van der Waals surface area contributed by atoms with Crippen molar-refractivity contribution in [3.8, 4) is 0 Å². The third-order valence-corrected chi connectivity index (χ3v) is 28.0. The maximum atomic E-state index is 12.9. The molecule has 0 heterocycles. The molecule has 0 aromatic rings. The van der Waals surface area contributed by atoms with Crippen molar-refractivity contribution in [3.05, 3.63) is 0 Å². The minimum absolute atomic E-state index is 0.0354. The Labute approximate surface area is 577 Å². The van der Waals surface area contributed by atoms with E-state index in [1.165, 1.54) is 64.2 Å². The van der Waals surface area contributed by atoms with Crippen LogP contribution in [0.3, 0.4) is 0 Å². The number of carbonyl (C=O) groups excluding carboxylic acids is 8. The molecule has 16 heteroatoms. The van der Waals surface area contributed by atoms with E-state index in [1.807, 2.05) is 83.1 Å². The van der Waals surface area contributed by atoms with Crippen molar-refractivity contribution in [1.29, 1.82) is 0 Å². The lowest BCUT2D eigenvalue weighted by Crippen LogP contribution is -2.59. The van der Waals surface area contributed by atoms with Crippen molar-refractivity contribution in [2.75, 3.05) is 13.2 Å². The Morgan fingerprint density at radius 3 is 1.07 bits per heavy atom. The first-order valence-corrected chi connectivity index (χ1v) is 38.7. The molecule has 8 unspecified atom stereocenters. The van der Waals surface area contributed by atoms with Gasteiger partial charge in [0.2, 0.25) is 0 Å². The Balaban J connectivity index is 0.000000150. The molecule has 14 fully saturated rings. The van der Waals surface area contributed by atoms with Gasteiger partial charge in [-0.05, 0) is 321 Å². The molecule has 0 amide bonds. The van der Waals surface area contributed by atoms with E-state index >= 15 is 0 Å². The zero-order valence-electron chi connectivity index (χ0n) is 62.4. The van der Waals surface area contributed by atoms with Crippen LogP contribution in [0, 0.1) is 105 Å². The van der Waals surface area contributed by atoms with E-state index in [9.17, 15) is 38.4 Å². The van der Waals surface area contributed by atoms with Crippen LogP contribution in [0.25, 0.3) is 0 Å². The lowest BCUT2D eigenvalue weighted by molar-refractivity contribution is -0.214. The topological polar surface area (TPSA) is 210 Å². The summed E-state index contributed by atoms with van der Waals surface area (Å²) in [7, 11) is 0. The van der Waals surface area contributed by atoms with Crippen LogP contribution in [0.5, 0.6) is 0 Å². The summed E-state index contributed by atoms with van der Waals surface area (Å²) in [4.78, 5) is 99.2. The Bertz CT molecular complexity index is 2700. The van der Waals surface area contributed by atoms with E-state index in [4.69, 9.17) is 37.9 Å². The van der Waals surface area contributed by atoms with E-state index in [1.54, 1.807) is 0 Å². The average molecular weight is 1350 g/mol. The van der Waals surface area contributed by atoms with Crippen molar-refractivity contribution in [2.45, 2.75) is 338 Å². The van der Waals surface area contributed by atoms with Gasteiger partial charge in [-0.3, -0.25) is 28.8 Å². The maximum absolute atomic E-state index is 12.9. The molecule has 0 radical (unpaired) electrons. The highest BCUT2D eigenvalue weighted by Gasteiger charge is 2.61. The molecule has 0 saturated heterocycles. The van der Waals surface area contributed by atoms with Gasteiger partial charge < -0.3 is 37.9 Å². The highest BCUT2D eigenvalue weighted by Crippen LogP contribution is 2.62. The van der Waals surface area contributed by atoms with Crippen LogP contribution in [-0.4, -0.2) is 95.6 Å². The molecule has 0 aromatic heterocycles. The highest BCUT2D eigenvalue weighted by molar-refractivity contribution is 5.81. The maximum Gasteiger partial charge on any atom is 0.344 e. The number of esters is 8. The number of hydrogen-bond donors (Lipinski definition) is 0. The van der Waals surface area contributed by atoms with Crippen molar-refractivity contribution in [2.24, 2.45) is 105 Å². The van der Waals surface area contributed by atoms with E-state index in [0.717, 1.165) is 139 Å². The van der Waals surface area contributed by atoms with Crippen molar-refractivity contribution < 1.29 is 76.3 Å². The largest absolute Gasteiger partial charge is 0.462 e. The summed E-state index contributed by atoms with van der Waals surface area (Å²) >= 11 is 0. The summed E-state index contributed by atoms with van der Waals surface area (Å²) in [5.41, 5.74) is -3.15. The molecule has 0 aromatic carbocycles. The van der Waals surface area contributed by atoms with Gasteiger partial charge in [0.05, 0.1) is 33.5 Å². The fourth-order valence-electron chi connectivity index (χ4n) is 20.2. The summed E-state index contributed by atoms with van der Waals surface area (Å²) in [5.74, 6) is 4.77. The van der Waals surface area contributed by atoms with Gasteiger partial charge in [0.25, 0.3) is 0 Å². The predicted octanol–water partition coefficient (Wildman–Crippen LogP) is 16.7. The van der Waals surface area contributed by atoms with Crippen LogP contribution in [-0.2, 0) is 76.3 Å². The molecule has 14 aliphatic rings. The van der Waals surface area contributed by atoms with Crippen LogP contribution in [0.4, 0.5) is 0 Å². The lowest BCUT2D eigenvalue weighted by Gasteiger charge is -2.60. The third-order valence-electron chi connectivity index (χ3n) is 28.0. The van der Waals surface area contributed by atoms with Crippen LogP contribution in [0.15, 0.2) is 0 Å². The Kier molecular flexibility index (Phi) is 23.8. The van der Waals surface area contributed by atoms with Gasteiger partial charge in [-0.1, -0.05) is 41.5 Å². The zero-order chi connectivity index (χ0) is 70.1. The van der Waals surface area contributed by atoms with E-state index in [-0.39, 0.29) is 119 Å². The molecule has 14 aliphatic carbocycles. The summed E-state index contributed by atoms with van der Waals surface area (Å²) in [6, 6.07) is 0. The smallest absolute Gasteiger partial charge is 0.344 e. The minimum atomic E-state index is -0.550. The van der Waals surface area contributed by atoms with E-state index in [2.05, 4.69) is 27.7 Å². The number of carbonyl (C=O) groups is 8. The third kappa shape index (κ3) is 16.7. The second kappa shape index (κ2) is 30.1. The predicted molar refractivity (Wildman–Crippen MR) is 365 cm³/mol. The van der Waals surface area contributed by atoms with Gasteiger partial charge in [0.1, 0.15) is 34.6 Å². The summed E-state index contributed by atoms with van der Waals surface area (Å²) in [5, 5.41) is 0. The first kappa shape index (κ1) is 76.0. The van der Waals surface area contributed by atoms with Crippen molar-refractivity contribution in [3.63, 3.8) is 0 Å². The normalized spacial score (nSPS) is 35.8. The summed E-state index contributed by atoms with van der Waals surface area (Å²) < 4.78 is 46.0. The minimum Gasteiger partial charge on any atom is -0.462 e. The number of fused-ring (bicyclic) bond motifs is 4. The average Bonchev–Trinajstić information content (AvgIpc) is 1.65. The van der Waals surface area contributed by atoms with E-state index in [0.29, 0.717) is 48.3 Å². The molecule has 96 heavy (non-hydrogen) atoms. The van der Waals surface area contributed by atoms with Crippen LogP contribution in [0.2, 0.25) is 0 Å². The molecule has 14 saturated carbocycles. The summed E-state index contributed by atoms with van der Waals surface area (Å²) in [6.45, 7) is 30.9. The SMILES string of the molecule is CCC(C)(C)C(=O)OC1CC2CC(C(=O)OC3(C)CCCC3)C1C2.CCC(C)(C)C(=O)OCC(=O)OC1(C)C2CC3CC(C2)CC1C3.CCC(C)(C)C(=O)OCC(=O)OC1(CC)C2CC3CC(C2)CC1C3.CCC1(OC(=O)C2CC3CC(OC(=O)C(C)(C)CC)C2C3)CCCC1. The van der Waals surface area contributed by atoms with Crippen LogP contribution in [0.1, 0.15) is 303 Å². The second-order valence-electron chi connectivity index (χ2n) is 36.0. The number of ether oxygens (including phenoxy) is 8. The van der Waals surface area contributed by atoms with Gasteiger partial charge >= 0.3 is 47.8 Å². The van der Waals surface area contributed by atoms with Crippen molar-refractivity contribution >= 4 is 47.8 Å². The van der Waals surface area contributed by atoms with E-state index < -0.39 is 21.7 Å². The van der Waals surface area contributed by atoms with Gasteiger partial charge in [-0.2, -0.15) is 0 Å². The molecule has 0 aliphatic heterocycles. The van der Waals surface area contributed by atoms with Gasteiger partial charge in [0, 0.05) is 11.8 Å². The monoisotopic (exact) mass is 1340 g/mol. The highest BCUT2D eigenvalue weighted by atomic mass is 16.6. The quantitative estimate of drug-likeness (QED) is 0.0729. The van der Waals surface area contributed by atoms with Crippen LogP contribution < -0.4 is 0 Å². The molecule has 12 bridgehead atoms. The Hall–Kier alpha value is -4.24. The fraction of sp³-hybridized carbons (Fsp3) is 0.900. The van der Waals surface area contributed by atoms with Gasteiger partial charge in [-0.25, -0.2) is 9.59 Å². The Morgan fingerprint density at radius 1 is 0.365 bits per heavy atom. The zero-order valence-corrected chi connectivity index (χ0v) is 62.4. The first-order chi connectivity index (χ1) is 45.1. The first-order valence-electron chi connectivity index (χ1n) is 38.7. The molecular weight excluding hydrogens is 1220 g/mol. The molecule has 14 rings (SSSR count). The lowest BCUT2D eigenvalue weighted by atomic mass is 9.49. The molecular formula is C80H128O16. The number of hydrogen-bond acceptors (Lipinski definition) is 16.